The molecule has 2 aromatic rings. The Bertz CT molecular complexity index is 736. The van der Waals surface area contributed by atoms with Gasteiger partial charge in [0, 0.05) is 19.2 Å². The van der Waals surface area contributed by atoms with Crippen LogP contribution >= 0.6 is 0 Å². The third-order valence-electron chi connectivity index (χ3n) is 3.51. The van der Waals surface area contributed by atoms with Crippen LogP contribution in [0.2, 0.25) is 0 Å². The Labute approximate surface area is 135 Å². The normalized spacial score (nSPS) is 11.0. The number of anilines is 1. The highest BCUT2D eigenvalue weighted by Crippen LogP contribution is 2.28. The second kappa shape index (κ2) is 6.68. The van der Waals surface area contributed by atoms with Gasteiger partial charge in [0.05, 0.1) is 5.69 Å². The molecular formula is C16H22N4O3. The minimum absolute atomic E-state index is 0.00459. The lowest BCUT2D eigenvalue weighted by Gasteiger charge is -2.20. The van der Waals surface area contributed by atoms with Crippen LogP contribution in [0.25, 0.3) is 5.65 Å². The second-order valence-electron chi connectivity index (χ2n) is 5.61. The van der Waals surface area contributed by atoms with Gasteiger partial charge in [0.1, 0.15) is 5.82 Å². The van der Waals surface area contributed by atoms with E-state index in [0.717, 1.165) is 5.69 Å². The molecule has 0 saturated carbocycles. The fourth-order valence-electron chi connectivity index (χ4n) is 2.42. The van der Waals surface area contributed by atoms with Crippen molar-refractivity contribution in [3.8, 4) is 5.75 Å². The van der Waals surface area contributed by atoms with Gasteiger partial charge in [0.15, 0.2) is 18.0 Å². The number of hydrogen-bond acceptors (Lipinski definition) is 4. The van der Waals surface area contributed by atoms with Gasteiger partial charge in [-0.3, -0.25) is 18.9 Å². The molecule has 124 valence electrons. The quantitative estimate of drug-likeness (QED) is 0.871. The number of pyridine rings is 1. The van der Waals surface area contributed by atoms with Gasteiger partial charge in [0.25, 0.3) is 5.91 Å². The smallest absolute Gasteiger partial charge is 0.255 e. The standard InChI is InChI=1S/C16H22N4O3/c1-5-11-15(19(4)16(22)10(2)3)20-8-6-7-12(14(20)18-11)23-9-13(17)21/h6-8,10H,5,9H2,1-4H3,(H2,17,21). The van der Waals surface area contributed by atoms with Crippen LogP contribution in [-0.2, 0) is 16.0 Å². The zero-order valence-corrected chi connectivity index (χ0v) is 13.9. The maximum atomic E-state index is 12.3. The number of hydrogen-bond donors (Lipinski definition) is 1. The summed E-state index contributed by atoms with van der Waals surface area (Å²) in [7, 11) is 1.74. The molecule has 2 rings (SSSR count). The van der Waals surface area contributed by atoms with E-state index in [0.29, 0.717) is 23.6 Å². The molecule has 0 aromatic carbocycles. The molecule has 0 spiro atoms. The number of rotatable bonds is 6. The van der Waals surface area contributed by atoms with Crippen molar-refractivity contribution in [3.05, 3.63) is 24.0 Å². The molecule has 7 nitrogen and oxygen atoms in total. The molecule has 7 heteroatoms. The van der Waals surface area contributed by atoms with E-state index in [1.807, 2.05) is 27.0 Å². The van der Waals surface area contributed by atoms with Crippen molar-refractivity contribution >= 4 is 23.3 Å². The van der Waals surface area contributed by atoms with Crippen molar-refractivity contribution in [2.24, 2.45) is 11.7 Å². The topological polar surface area (TPSA) is 89.9 Å². The third-order valence-corrected chi connectivity index (χ3v) is 3.51. The van der Waals surface area contributed by atoms with Crippen molar-refractivity contribution in [2.75, 3.05) is 18.6 Å². The van der Waals surface area contributed by atoms with E-state index in [1.165, 1.54) is 0 Å². The average molecular weight is 318 g/mol. The summed E-state index contributed by atoms with van der Waals surface area (Å²) in [6.07, 6.45) is 2.49. The summed E-state index contributed by atoms with van der Waals surface area (Å²) >= 11 is 0. The van der Waals surface area contributed by atoms with E-state index in [2.05, 4.69) is 4.98 Å². The zero-order valence-electron chi connectivity index (χ0n) is 13.9. The van der Waals surface area contributed by atoms with Crippen LogP contribution in [0.15, 0.2) is 18.3 Å². The highest BCUT2D eigenvalue weighted by molar-refractivity contribution is 5.94. The minimum Gasteiger partial charge on any atom is -0.480 e. The Morgan fingerprint density at radius 1 is 1.43 bits per heavy atom. The van der Waals surface area contributed by atoms with Crippen LogP contribution in [0.5, 0.6) is 5.75 Å². The van der Waals surface area contributed by atoms with Crippen LogP contribution in [0, 0.1) is 5.92 Å². The Balaban J connectivity index is 2.54. The number of amides is 2. The number of nitrogens with two attached hydrogens (primary N) is 1. The predicted molar refractivity (Wildman–Crippen MR) is 87.5 cm³/mol. The Morgan fingerprint density at radius 2 is 2.13 bits per heavy atom. The molecule has 2 N–H and O–H groups in total. The second-order valence-corrected chi connectivity index (χ2v) is 5.61. The highest BCUT2D eigenvalue weighted by atomic mass is 16.5. The number of imidazole rings is 1. The van der Waals surface area contributed by atoms with Crippen LogP contribution in [-0.4, -0.2) is 34.9 Å². The maximum Gasteiger partial charge on any atom is 0.255 e. The van der Waals surface area contributed by atoms with Crippen molar-refractivity contribution in [3.63, 3.8) is 0 Å². The van der Waals surface area contributed by atoms with E-state index in [1.54, 1.807) is 28.5 Å². The first-order chi connectivity index (χ1) is 10.9. The summed E-state index contributed by atoms with van der Waals surface area (Å²) in [5.74, 6) is 0.500. The van der Waals surface area contributed by atoms with Crippen molar-refractivity contribution in [2.45, 2.75) is 27.2 Å². The van der Waals surface area contributed by atoms with Gasteiger partial charge < -0.3 is 10.5 Å². The van der Waals surface area contributed by atoms with E-state index in [4.69, 9.17) is 10.5 Å². The molecule has 0 unspecified atom stereocenters. The number of primary amides is 1. The lowest BCUT2D eigenvalue weighted by atomic mass is 10.2. The molecule has 0 saturated heterocycles. The number of ether oxygens (including phenoxy) is 1. The van der Waals surface area contributed by atoms with Gasteiger partial charge >= 0.3 is 0 Å². The van der Waals surface area contributed by atoms with Gasteiger partial charge in [-0.25, -0.2) is 4.98 Å². The first kappa shape index (κ1) is 16.8. The summed E-state index contributed by atoms with van der Waals surface area (Å²) in [5, 5.41) is 0. The van der Waals surface area contributed by atoms with E-state index >= 15 is 0 Å². The maximum absolute atomic E-state index is 12.3. The monoisotopic (exact) mass is 318 g/mol. The van der Waals surface area contributed by atoms with Gasteiger partial charge in [0.2, 0.25) is 5.91 Å². The highest BCUT2D eigenvalue weighted by Gasteiger charge is 2.23. The van der Waals surface area contributed by atoms with Crippen LogP contribution in [0.3, 0.4) is 0 Å². The number of carbonyl (C=O) groups excluding carboxylic acids is 2. The molecule has 23 heavy (non-hydrogen) atoms. The Morgan fingerprint density at radius 3 is 2.70 bits per heavy atom. The number of fused-ring (bicyclic) bond motifs is 1. The minimum atomic E-state index is -0.554. The molecule has 2 heterocycles. The van der Waals surface area contributed by atoms with Crippen molar-refractivity contribution in [1.82, 2.24) is 9.38 Å². The summed E-state index contributed by atoms with van der Waals surface area (Å²) in [6.45, 7) is 5.47. The molecule has 2 aromatic heterocycles. The first-order valence-electron chi connectivity index (χ1n) is 7.55. The molecule has 2 amide bonds. The number of aromatic nitrogens is 2. The SMILES string of the molecule is CCc1nc2c(OCC(N)=O)cccn2c1N(C)C(=O)C(C)C. The molecule has 0 aliphatic rings. The molecule has 0 aliphatic carbocycles. The number of carbonyl (C=O) groups is 2. The number of aryl methyl sites for hydroxylation is 1. The lowest BCUT2D eigenvalue weighted by Crippen LogP contribution is -2.31. The largest absolute Gasteiger partial charge is 0.480 e. The van der Waals surface area contributed by atoms with E-state index < -0.39 is 5.91 Å². The lowest BCUT2D eigenvalue weighted by molar-refractivity contribution is -0.121. The number of nitrogens with zero attached hydrogens (tertiary/aromatic N) is 3. The Hall–Kier alpha value is -2.57. The fourth-order valence-corrected chi connectivity index (χ4v) is 2.42. The zero-order chi connectivity index (χ0) is 17.1. The summed E-state index contributed by atoms with van der Waals surface area (Å²) < 4.78 is 7.22. The molecule has 0 aliphatic heterocycles. The molecule has 0 atom stereocenters. The first-order valence-corrected chi connectivity index (χ1v) is 7.55. The van der Waals surface area contributed by atoms with Crippen LogP contribution in [0.4, 0.5) is 5.82 Å². The predicted octanol–water partition coefficient (Wildman–Crippen LogP) is 1.38. The third kappa shape index (κ3) is 3.28. The van der Waals surface area contributed by atoms with Crippen molar-refractivity contribution in [1.29, 1.82) is 0 Å². The molecule has 0 radical (unpaired) electrons. The van der Waals surface area contributed by atoms with Crippen molar-refractivity contribution < 1.29 is 14.3 Å². The average Bonchev–Trinajstić information content (AvgIpc) is 2.90. The molecular weight excluding hydrogens is 296 g/mol. The van der Waals surface area contributed by atoms with Gasteiger partial charge in [-0.1, -0.05) is 20.8 Å². The summed E-state index contributed by atoms with van der Waals surface area (Å²) in [5.41, 5.74) is 6.47. The van der Waals surface area contributed by atoms with Gasteiger partial charge in [-0.2, -0.15) is 0 Å². The van der Waals surface area contributed by atoms with E-state index in [9.17, 15) is 9.59 Å². The summed E-state index contributed by atoms with van der Waals surface area (Å²) in [6, 6.07) is 3.50. The van der Waals surface area contributed by atoms with Crippen LogP contribution in [0.1, 0.15) is 26.5 Å². The van der Waals surface area contributed by atoms with Gasteiger partial charge in [-0.15, -0.1) is 0 Å². The van der Waals surface area contributed by atoms with Crippen LogP contribution < -0.4 is 15.4 Å². The Kier molecular flexibility index (Phi) is 4.88. The molecule has 0 bridgehead atoms. The molecule has 0 fully saturated rings. The fraction of sp³-hybridized carbons (Fsp3) is 0.438. The van der Waals surface area contributed by atoms with Gasteiger partial charge in [-0.05, 0) is 18.6 Å². The van der Waals surface area contributed by atoms with E-state index in [-0.39, 0.29) is 18.4 Å². The summed E-state index contributed by atoms with van der Waals surface area (Å²) in [4.78, 5) is 29.4.